The predicted molar refractivity (Wildman–Crippen MR) is 65.3 cm³/mol. The molecule has 0 atom stereocenters. The highest BCUT2D eigenvalue weighted by atomic mass is 35.5. The maximum Gasteiger partial charge on any atom is 0.371 e. The Balaban J connectivity index is 2.38. The Hall–Kier alpha value is -2.07. The van der Waals surface area contributed by atoms with E-state index in [0.717, 1.165) is 5.56 Å². The molecule has 92 valence electrons. The number of carboxylic acids is 1. The number of carbonyl (C=O) groups excluding carboxylic acids is 1. The summed E-state index contributed by atoms with van der Waals surface area (Å²) in [6.45, 7) is 1.86. The monoisotopic (exact) mass is 264 g/mol. The predicted octanol–water partition coefficient (Wildman–Crippen LogP) is 3.17. The van der Waals surface area contributed by atoms with Crippen LogP contribution in [0.3, 0.4) is 0 Å². The first-order valence-electron chi connectivity index (χ1n) is 5.13. The van der Waals surface area contributed by atoms with Crippen LogP contribution in [-0.4, -0.2) is 16.9 Å². The zero-order valence-electron chi connectivity index (χ0n) is 9.44. The molecule has 0 aliphatic rings. The van der Waals surface area contributed by atoms with Gasteiger partial charge >= 0.3 is 5.97 Å². The summed E-state index contributed by atoms with van der Waals surface area (Å²) in [6, 6.07) is 7.55. The molecule has 4 nitrogen and oxygen atoms in total. The molecule has 1 aromatic carbocycles. The molecular weight excluding hydrogens is 256 g/mol. The first-order chi connectivity index (χ1) is 8.49. The number of carboxylic acid groups (broad SMARTS) is 1. The van der Waals surface area contributed by atoms with E-state index in [-0.39, 0.29) is 17.1 Å². The van der Waals surface area contributed by atoms with Gasteiger partial charge in [0.1, 0.15) is 0 Å². The number of aryl methyl sites for hydroxylation is 1. The maximum atomic E-state index is 12.0. The number of furan rings is 1. The number of aromatic carboxylic acids is 1. The molecular formula is C13H9ClO4. The summed E-state index contributed by atoms with van der Waals surface area (Å²) in [4.78, 5) is 22.7. The first kappa shape index (κ1) is 12.4. The molecule has 0 fully saturated rings. The van der Waals surface area contributed by atoms with E-state index in [2.05, 4.69) is 0 Å². The highest BCUT2D eigenvalue weighted by Gasteiger charge is 2.18. The Morgan fingerprint density at radius 2 is 1.83 bits per heavy atom. The second-order valence-electron chi connectivity index (χ2n) is 3.78. The van der Waals surface area contributed by atoms with Gasteiger partial charge in [-0.25, -0.2) is 4.79 Å². The van der Waals surface area contributed by atoms with E-state index in [9.17, 15) is 9.59 Å². The van der Waals surface area contributed by atoms with Gasteiger partial charge in [0.05, 0.1) is 5.02 Å². The average molecular weight is 265 g/mol. The molecule has 0 unspecified atom stereocenters. The number of hydrogen-bond donors (Lipinski definition) is 1. The molecule has 0 saturated carbocycles. The lowest BCUT2D eigenvalue weighted by atomic mass is 10.1. The van der Waals surface area contributed by atoms with Crippen molar-refractivity contribution in [1.82, 2.24) is 0 Å². The lowest BCUT2D eigenvalue weighted by molar-refractivity contribution is 0.0660. The fourth-order valence-electron chi connectivity index (χ4n) is 1.51. The fourth-order valence-corrected chi connectivity index (χ4v) is 1.83. The molecule has 0 radical (unpaired) electrons. The Labute approximate surface area is 108 Å². The van der Waals surface area contributed by atoms with Gasteiger partial charge in [-0.3, -0.25) is 4.79 Å². The molecule has 0 spiro atoms. The Kier molecular flexibility index (Phi) is 3.21. The van der Waals surface area contributed by atoms with Gasteiger partial charge in [0.2, 0.25) is 11.5 Å². The van der Waals surface area contributed by atoms with Crippen LogP contribution in [0, 0.1) is 6.92 Å². The molecule has 0 saturated heterocycles. The minimum Gasteiger partial charge on any atom is -0.475 e. The van der Waals surface area contributed by atoms with Gasteiger partial charge in [0.15, 0.2) is 5.76 Å². The van der Waals surface area contributed by atoms with Gasteiger partial charge in [0, 0.05) is 5.56 Å². The number of carbonyl (C=O) groups is 2. The van der Waals surface area contributed by atoms with Gasteiger partial charge < -0.3 is 9.52 Å². The smallest absolute Gasteiger partial charge is 0.371 e. The van der Waals surface area contributed by atoms with Crippen LogP contribution in [0.1, 0.15) is 32.2 Å². The summed E-state index contributed by atoms with van der Waals surface area (Å²) < 4.78 is 4.94. The number of hydrogen-bond acceptors (Lipinski definition) is 3. The second-order valence-corrected chi connectivity index (χ2v) is 4.19. The molecule has 0 amide bonds. The zero-order valence-corrected chi connectivity index (χ0v) is 10.2. The molecule has 1 heterocycles. The number of halogens is 1. The van der Waals surface area contributed by atoms with Crippen LogP contribution in [0.4, 0.5) is 0 Å². The molecule has 18 heavy (non-hydrogen) atoms. The molecule has 0 aliphatic carbocycles. The van der Waals surface area contributed by atoms with Crippen molar-refractivity contribution in [2.45, 2.75) is 6.92 Å². The third-order valence-electron chi connectivity index (χ3n) is 2.41. The Bertz CT molecular complexity index is 628. The molecule has 0 bridgehead atoms. The highest BCUT2D eigenvalue weighted by Crippen LogP contribution is 2.22. The van der Waals surface area contributed by atoms with E-state index in [1.54, 1.807) is 18.2 Å². The van der Waals surface area contributed by atoms with Crippen LogP contribution in [0.25, 0.3) is 0 Å². The van der Waals surface area contributed by atoms with Crippen molar-refractivity contribution in [3.05, 3.63) is 58.0 Å². The third-order valence-corrected chi connectivity index (χ3v) is 2.72. The number of benzene rings is 1. The highest BCUT2D eigenvalue weighted by molar-refractivity contribution is 6.34. The van der Waals surface area contributed by atoms with Crippen LogP contribution in [0.15, 0.2) is 34.7 Å². The van der Waals surface area contributed by atoms with Gasteiger partial charge in [-0.05, 0) is 36.8 Å². The van der Waals surface area contributed by atoms with Crippen molar-refractivity contribution in [3.63, 3.8) is 0 Å². The zero-order chi connectivity index (χ0) is 13.3. The Morgan fingerprint density at radius 3 is 2.39 bits per heavy atom. The molecule has 5 heteroatoms. The summed E-state index contributed by atoms with van der Waals surface area (Å²) in [6.07, 6.45) is 0. The Morgan fingerprint density at radius 1 is 1.17 bits per heavy atom. The van der Waals surface area contributed by atoms with Crippen molar-refractivity contribution < 1.29 is 19.1 Å². The van der Waals surface area contributed by atoms with E-state index in [1.807, 2.05) is 6.92 Å². The summed E-state index contributed by atoms with van der Waals surface area (Å²) in [7, 11) is 0. The molecule has 2 rings (SSSR count). The van der Waals surface area contributed by atoms with Crippen molar-refractivity contribution in [3.8, 4) is 0 Å². The minimum absolute atomic E-state index is 0.0434. The van der Waals surface area contributed by atoms with E-state index in [1.165, 1.54) is 12.1 Å². The molecule has 0 aliphatic heterocycles. The number of rotatable bonds is 3. The largest absolute Gasteiger partial charge is 0.475 e. The number of ketones is 1. The molecule has 2 aromatic rings. The summed E-state index contributed by atoms with van der Waals surface area (Å²) in [5, 5.41) is 9.02. The van der Waals surface area contributed by atoms with E-state index in [0.29, 0.717) is 5.02 Å². The van der Waals surface area contributed by atoms with Crippen molar-refractivity contribution in [2.75, 3.05) is 0 Å². The van der Waals surface area contributed by atoms with Crippen LogP contribution >= 0.6 is 11.6 Å². The van der Waals surface area contributed by atoms with Crippen LogP contribution < -0.4 is 0 Å². The second kappa shape index (κ2) is 4.66. The van der Waals surface area contributed by atoms with E-state index in [4.69, 9.17) is 21.1 Å². The van der Waals surface area contributed by atoms with Crippen molar-refractivity contribution in [1.29, 1.82) is 0 Å². The third kappa shape index (κ3) is 2.28. The maximum absolute atomic E-state index is 12.0. The van der Waals surface area contributed by atoms with Gasteiger partial charge in [-0.2, -0.15) is 0 Å². The van der Waals surface area contributed by atoms with E-state index >= 15 is 0 Å². The minimum atomic E-state index is -1.22. The van der Waals surface area contributed by atoms with Gasteiger partial charge in [-0.15, -0.1) is 0 Å². The fraction of sp³-hybridized carbons (Fsp3) is 0.0769. The van der Waals surface area contributed by atoms with Crippen LogP contribution in [0.2, 0.25) is 5.02 Å². The summed E-state index contributed by atoms with van der Waals surface area (Å²) in [5.41, 5.74) is 1.22. The molecule has 1 N–H and O–H groups in total. The standard InChI is InChI=1S/C13H9ClO4/c1-7-2-3-8(9(14)6-7)12(15)10-4-5-11(18-10)13(16)17/h2-6H,1H3,(H,16,17). The first-order valence-corrected chi connectivity index (χ1v) is 5.51. The quantitative estimate of drug-likeness (QED) is 0.865. The van der Waals surface area contributed by atoms with Gasteiger partial charge in [0.25, 0.3) is 0 Å². The SMILES string of the molecule is Cc1ccc(C(=O)c2ccc(C(=O)O)o2)c(Cl)c1. The lowest BCUT2D eigenvalue weighted by Crippen LogP contribution is -2.01. The van der Waals surface area contributed by atoms with Crippen molar-refractivity contribution >= 4 is 23.4 Å². The molecule has 1 aromatic heterocycles. The van der Waals surface area contributed by atoms with Gasteiger partial charge in [-0.1, -0.05) is 17.7 Å². The van der Waals surface area contributed by atoms with Crippen molar-refractivity contribution in [2.24, 2.45) is 0 Å². The van der Waals surface area contributed by atoms with Crippen LogP contribution in [0.5, 0.6) is 0 Å². The topological polar surface area (TPSA) is 67.5 Å². The van der Waals surface area contributed by atoms with E-state index < -0.39 is 11.8 Å². The normalized spacial score (nSPS) is 10.3. The summed E-state index contributed by atoms with van der Waals surface area (Å²) >= 11 is 5.96. The summed E-state index contributed by atoms with van der Waals surface area (Å²) in [5.74, 6) is -1.98. The lowest BCUT2D eigenvalue weighted by Gasteiger charge is -2.02. The average Bonchev–Trinajstić information content (AvgIpc) is 2.77. The van der Waals surface area contributed by atoms with Crippen LogP contribution in [-0.2, 0) is 0 Å².